The molecule has 3 nitrogen and oxygen atoms in total. The summed E-state index contributed by atoms with van der Waals surface area (Å²) in [6.07, 6.45) is 20.7. The first-order chi connectivity index (χ1) is 11.2. The van der Waals surface area contributed by atoms with E-state index in [0.29, 0.717) is 6.42 Å². The molecule has 0 amide bonds. The van der Waals surface area contributed by atoms with Crippen LogP contribution in [-0.2, 0) is 15.5 Å². The van der Waals surface area contributed by atoms with Gasteiger partial charge >= 0.3 is 0 Å². The van der Waals surface area contributed by atoms with Crippen molar-refractivity contribution in [2.75, 3.05) is 0 Å². The van der Waals surface area contributed by atoms with Crippen LogP contribution in [0.3, 0.4) is 0 Å². The molecule has 0 aromatic heterocycles. The van der Waals surface area contributed by atoms with Crippen molar-refractivity contribution in [3.05, 3.63) is 0 Å². The van der Waals surface area contributed by atoms with Crippen LogP contribution in [-0.4, -0.2) is 14.2 Å². The summed E-state index contributed by atoms with van der Waals surface area (Å²) >= 11 is 1.64. The highest BCUT2D eigenvalue weighted by atomic mass is 32.2. The van der Waals surface area contributed by atoms with Gasteiger partial charge in [0.2, 0.25) is 0 Å². The first-order valence-electron chi connectivity index (χ1n) is 9.61. The molecule has 0 aliphatic rings. The lowest BCUT2D eigenvalue weighted by molar-refractivity contribution is 0.264. The van der Waals surface area contributed by atoms with Crippen molar-refractivity contribution in [2.24, 2.45) is 0 Å². The van der Waals surface area contributed by atoms with Crippen LogP contribution in [0.1, 0.15) is 110 Å². The fraction of sp³-hybridized carbons (Fsp3) is 1.00. The summed E-state index contributed by atoms with van der Waals surface area (Å²) in [6, 6.07) is 0. The first-order valence-corrected chi connectivity index (χ1v) is 11.1. The van der Waals surface area contributed by atoms with Gasteiger partial charge in [0.25, 0.3) is 0 Å². The van der Waals surface area contributed by atoms with E-state index in [1.165, 1.54) is 83.5 Å². The number of thiol groups is 1. The van der Waals surface area contributed by atoms with Gasteiger partial charge in [0.1, 0.15) is 5.44 Å². The van der Waals surface area contributed by atoms with E-state index in [0.717, 1.165) is 12.8 Å². The summed E-state index contributed by atoms with van der Waals surface area (Å²) < 4.78 is 25.1. The molecule has 5 heteroatoms. The second kappa shape index (κ2) is 18.8. The molecule has 2 atom stereocenters. The molecule has 0 N–H and O–H groups in total. The molecule has 140 valence electrons. The zero-order chi connectivity index (χ0) is 17.2. The molecule has 0 spiro atoms. The topological polar surface area (TPSA) is 49.4 Å². The standard InChI is InChI=1S/C18H38O3S2/c1-2-3-4-5-6-7-8-9-10-11-12-13-14-15-16-17-18(22)21-23(19)20/h18,22H,2-17H2,1H3,(H,19,20)/p-1. The lowest BCUT2D eigenvalue weighted by atomic mass is 10.0. The SMILES string of the molecule is CCCCCCCCCCCCCCCCCC(S)OS(=O)[O-]. The van der Waals surface area contributed by atoms with Gasteiger partial charge in [0.05, 0.1) is 11.4 Å². The fourth-order valence-electron chi connectivity index (χ4n) is 2.83. The Morgan fingerprint density at radius 3 is 1.48 bits per heavy atom. The van der Waals surface area contributed by atoms with Gasteiger partial charge in [-0.1, -0.05) is 96.8 Å². The van der Waals surface area contributed by atoms with Crippen LogP contribution in [0.2, 0.25) is 0 Å². The van der Waals surface area contributed by atoms with Gasteiger partial charge in [-0.05, 0) is 12.8 Å². The Labute approximate surface area is 152 Å². The minimum absolute atomic E-state index is 0.477. The first kappa shape index (κ1) is 23.4. The third-order valence-electron chi connectivity index (χ3n) is 4.24. The Balaban J connectivity index is 3.06. The molecule has 0 bridgehead atoms. The average molecular weight is 366 g/mol. The minimum atomic E-state index is -2.44. The van der Waals surface area contributed by atoms with E-state index in [2.05, 4.69) is 23.7 Å². The van der Waals surface area contributed by atoms with Crippen LogP contribution in [0.5, 0.6) is 0 Å². The molecule has 0 fully saturated rings. The summed E-state index contributed by atoms with van der Waals surface area (Å²) in [7, 11) is 0. The Kier molecular flexibility index (Phi) is 19.1. The normalized spacial score (nSPS) is 14.0. The third kappa shape index (κ3) is 20.4. The lowest BCUT2D eigenvalue weighted by Gasteiger charge is -2.12. The predicted octanol–water partition coefficient (Wildman–Crippen LogP) is 6.31. The van der Waals surface area contributed by atoms with E-state index in [9.17, 15) is 8.76 Å². The number of unbranched alkanes of at least 4 members (excludes halogenated alkanes) is 14. The highest BCUT2D eigenvalue weighted by Crippen LogP contribution is 2.15. The molecule has 23 heavy (non-hydrogen) atoms. The second-order valence-electron chi connectivity index (χ2n) is 6.49. The molecular formula is C18H37O3S2-. The average Bonchev–Trinajstić information content (AvgIpc) is 2.50. The second-order valence-corrected chi connectivity index (χ2v) is 7.67. The van der Waals surface area contributed by atoms with E-state index >= 15 is 0 Å². The number of hydrogen-bond acceptors (Lipinski definition) is 4. The predicted molar refractivity (Wildman–Crippen MR) is 102 cm³/mol. The van der Waals surface area contributed by atoms with Crippen LogP contribution in [0, 0.1) is 0 Å². The highest BCUT2D eigenvalue weighted by Gasteiger charge is 2.02. The van der Waals surface area contributed by atoms with Crippen LogP contribution >= 0.6 is 12.6 Å². The van der Waals surface area contributed by atoms with E-state index in [4.69, 9.17) is 0 Å². The van der Waals surface area contributed by atoms with Crippen molar-refractivity contribution >= 4 is 24.0 Å². The molecule has 0 aromatic rings. The van der Waals surface area contributed by atoms with Gasteiger partial charge in [-0.2, -0.15) is 0 Å². The van der Waals surface area contributed by atoms with Crippen molar-refractivity contribution < 1.29 is 12.9 Å². The summed E-state index contributed by atoms with van der Waals surface area (Å²) in [5, 5.41) is 0. The third-order valence-corrected chi connectivity index (χ3v) is 5.14. The zero-order valence-electron chi connectivity index (χ0n) is 15.0. The van der Waals surface area contributed by atoms with Gasteiger partial charge < -0.3 is 4.55 Å². The highest BCUT2D eigenvalue weighted by molar-refractivity contribution is 7.82. The van der Waals surface area contributed by atoms with E-state index in [1.54, 1.807) is 0 Å². The van der Waals surface area contributed by atoms with Gasteiger partial charge in [0.15, 0.2) is 0 Å². The zero-order valence-corrected chi connectivity index (χ0v) is 16.7. The molecule has 0 rings (SSSR count). The van der Waals surface area contributed by atoms with Crippen LogP contribution < -0.4 is 0 Å². The minimum Gasteiger partial charge on any atom is -0.750 e. The summed E-state index contributed by atoms with van der Waals surface area (Å²) in [5.41, 5.74) is -0.477. The maximum absolute atomic E-state index is 10.3. The Hall–Kier alpha value is 0.420. The van der Waals surface area contributed by atoms with Crippen molar-refractivity contribution in [1.29, 1.82) is 0 Å². The van der Waals surface area contributed by atoms with Gasteiger partial charge in [-0.25, -0.2) is 4.21 Å². The Bertz CT molecular complexity index is 263. The molecule has 0 aliphatic carbocycles. The van der Waals surface area contributed by atoms with Crippen LogP contribution in [0.4, 0.5) is 0 Å². The molecule has 0 saturated carbocycles. The van der Waals surface area contributed by atoms with Gasteiger partial charge in [-0.15, -0.1) is 12.6 Å². The Morgan fingerprint density at radius 2 is 1.13 bits per heavy atom. The van der Waals surface area contributed by atoms with E-state index < -0.39 is 16.8 Å². The molecule has 0 radical (unpaired) electrons. The van der Waals surface area contributed by atoms with Gasteiger partial charge in [-0.3, -0.25) is 4.18 Å². The monoisotopic (exact) mass is 365 g/mol. The quantitative estimate of drug-likeness (QED) is 0.134. The van der Waals surface area contributed by atoms with Crippen molar-refractivity contribution in [3.63, 3.8) is 0 Å². The molecule has 0 aromatic carbocycles. The number of rotatable bonds is 18. The maximum Gasteiger partial charge on any atom is 0.116 e. The summed E-state index contributed by atoms with van der Waals surface area (Å²) in [4.78, 5) is 0. The lowest BCUT2D eigenvalue weighted by Crippen LogP contribution is -2.07. The molecule has 0 heterocycles. The van der Waals surface area contributed by atoms with Crippen molar-refractivity contribution in [2.45, 2.75) is 115 Å². The fourth-order valence-corrected chi connectivity index (χ4v) is 3.50. The molecular weight excluding hydrogens is 328 g/mol. The summed E-state index contributed by atoms with van der Waals surface area (Å²) in [6.45, 7) is 2.27. The Morgan fingerprint density at radius 1 is 0.783 bits per heavy atom. The molecule has 0 aliphatic heterocycles. The smallest absolute Gasteiger partial charge is 0.116 e. The molecule has 2 unspecified atom stereocenters. The van der Waals surface area contributed by atoms with Crippen LogP contribution in [0.15, 0.2) is 0 Å². The van der Waals surface area contributed by atoms with Gasteiger partial charge in [0, 0.05) is 0 Å². The van der Waals surface area contributed by atoms with E-state index in [-0.39, 0.29) is 0 Å². The maximum atomic E-state index is 10.3. The molecule has 0 saturated heterocycles. The van der Waals surface area contributed by atoms with Crippen LogP contribution in [0.25, 0.3) is 0 Å². The van der Waals surface area contributed by atoms with E-state index in [1.807, 2.05) is 0 Å². The number of hydrogen-bond donors (Lipinski definition) is 1. The van der Waals surface area contributed by atoms with Crippen molar-refractivity contribution in [1.82, 2.24) is 0 Å². The summed E-state index contributed by atoms with van der Waals surface area (Å²) in [5.74, 6) is 0. The van der Waals surface area contributed by atoms with Crippen molar-refractivity contribution in [3.8, 4) is 0 Å². The largest absolute Gasteiger partial charge is 0.750 e.